The first-order valence-corrected chi connectivity index (χ1v) is 6.92. The van der Waals surface area contributed by atoms with Crippen LogP contribution in [0.3, 0.4) is 0 Å². The van der Waals surface area contributed by atoms with Crippen LogP contribution in [0.4, 0.5) is 5.69 Å². The topological polar surface area (TPSA) is 69.6 Å². The van der Waals surface area contributed by atoms with E-state index in [9.17, 15) is 9.59 Å². The predicted molar refractivity (Wildman–Crippen MR) is 77.3 cm³/mol. The molecule has 7 heteroatoms. The number of hydrogen-bond acceptors (Lipinski definition) is 3. The highest BCUT2D eigenvalue weighted by atomic mass is 35.5. The normalized spacial score (nSPS) is 15.7. The van der Waals surface area contributed by atoms with Crippen molar-refractivity contribution in [2.75, 3.05) is 25.0 Å². The van der Waals surface area contributed by atoms with E-state index in [0.29, 0.717) is 35.4 Å². The largest absolute Gasteiger partial charge is 0.481 e. The molecule has 0 unspecified atom stereocenters. The number of carbonyl (C=O) groups is 2. The number of anilines is 1. The third kappa shape index (κ3) is 3.62. The highest BCUT2D eigenvalue weighted by Crippen LogP contribution is 2.29. The highest BCUT2D eigenvalue weighted by Gasteiger charge is 2.32. The van der Waals surface area contributed by atoms with Crippen molar-refractivity contribution in [2.24, 2.45) is 5.92 Å². The van der Waals surface area contributed by atoms with Gasteiger partial charge in [-0.3, -0.25) is 9.59 Å². The predicted octanol–water partition coefficient (Wildman–Crippen LogP) is 2.34. The highest BCUT2D eigenvalue weighted by molar-refractivity contribution is 6.39. The number of nitrogens with one attached hydrogen (secondary N) is 1. The lowest BCUT2D eigenvalue weighted by Crippen LogP contribution is -2.50. The van der Waals surface area contributed by atoms with Gasteiger partial charge in [0.1, 0.15) is 0 Å². The summed E-state index contributed by atoms with van der Waals surface area (Å²) < 4.78 is 0. The van der Waals surface area contributed by atoms with E-state index in [-0.39, 0.29) is 18.2 Å². The monoisotopic (exact) mass is 316 g/mol. The van der Waals surface area contributed by atoms with Crippen LogP contribution in [0, 0.1) is 5.92 Å². The van der Waals surface area contributed by atoms with Gasteiger partial charge in [0.15, 0.2) is 0 Å². The van der Waals surface area contributed by atoms with Crippen LogP contribution in [-0.4, -0.2) is 41.5 Å². The molecule has 1 saturated heterocycles. The zero-order valence-electron chi connectivity index (χ0n) is 10.6. The summed E-state index contributed by atoms with van der Waals surface area (Å²) in [5, 5.41) is 12.2. The molecule has 1 aliphatic rings. The Balaban J connectivity index is 1.78. The molecule has 0 bridgehead atoms. The smallest absolute Gasteiger partial charge is 0.309 e. The van der Waals surface area contributed by atoms with Gasteiger partial charge >= 0.3 is 5.97 Å². The molecule has 0 saturated carbocycles. The van der Waals surface area contributed by atoms with Gasteiger partial charge in [-0.1, -0.05) is 29.3 Å². The Labute approximate surface area is 126 Å². The van der Waals surface area contributed by atoms with Crippen LogP contribution < -0.4 is 5.32 Å². The molecular formula is C13H14Cl2N2O3. The second-order valence-corrected chi connectivity index (χ2v) is 5.50. The summed E-state index contributed by atoms with van der Waals surface area (Å²) in [6, 6.07) is 5.00. The number of rotatable bonds is 5. The molecule has 1 aromatic rings. The van der Waals surface area contributed by atoms with Gasteiger partial charge in [-0.2, -0.15) is 0 Å². The van der Waals surface area contributed by atoms with E-state index in [1.807, 2.05) is 4.90 Å². The molecule has 5 nitrogen and oxygen atoms in total. The number of likely N-dealkylation sites (tertiary alicyclic amines) is 1. The SMILES string of the molecule is O=C(CCN1CC(C(=O)O)C1)Nc1c(Cl)cccc1Cl. The molecule has 2 N–H and O–H groups in total. The van der Waals surface area contributed by atoms with E-state index in [1.54, 1.807) is 18.2 Å². The lowest BCUT2D eigenvalue weighted by atomic mass is 10.0. The zero-order valence-corrected chi connectivity index (χ0v) is 12.1. The van der Waals surface area contributed by atoms with Crippen molar-refractivity contribution in [3.05, 3.63) is 28.2 Å². The maximum atomic E-state index is 11.8. The summed E-state index contributed by atoms with van der Waals surface area (Å²) in [5.74, 6) is -1.29. The van der Waals surface area contributed by atoms with Crippen molar-refractivity contribution in [2.45, 2.75) is 6.42 Å². The van der Waals surface area contributed by atoms with Crippen molar-refractivity contribution < 1.29 is 14.7 Å². The van der Waals surface area contributed by atoms with Gasteiger partial charge in [-0.25, -0.2) is 0 Å². The Morgan fingerprint density at radius 1 is 1.30 bits per heavy atom. The minimum absolute atomic E-state index is 0.196. The van der Waals surface area contributed by atoms with Crippen LogP contribution in [0.25, 0.3) is 0 Å². The van der Waals surface area contributed by atoms with E-state index in [0.717, 1.165) is 0 Å². The number of carbonyl (C=O) groups excluding carboxylic acids is 1. The summed E-state index contributed by atoms with van der Waals surface area (Å²) in [4.78, 5) is 24.4. The fourth-order valence-corrected chi connectivity index (χ4v) is 2.48. The third-order valence-electron chi connectivity index (χ3n) is 3.19. The summed E-state index contributed by atoms with van der Waals surface area (Å²) in [6.07, 6.45) is 0.272. The Hall–Kier alpha value is -1.30. The average Bonchev–Trinajstić information content (AvgIpc) is 2.31. The number of carboxylic acids is 1. The summed E-state index contributed by atoms with van der Waals surface area (Å²) >= 11 is 11.9. The van der Waals surface area contributed by atoms with Gasteiger partial charge in [-0.05, 0) is 12.1 Å². The molecule has 0 spiro atoms. The van der Waals surface area contributed by atoms with E-state index in [1.165, 1.54) is 0 Å². The maximum absolute atomic E-state index is 11.8. The molecule has 0 aromatic heterocycles. The number of benzene rings is 1. The molecule has 0 aliphatic carbocycles. The van der Waals surface area contributed by atoms with Gasteiger partial charge in [0.2, 0.25) is 5.91 Å². The fraction of sp³-hybridized carbons (Fsp3) is 0.385. The molecule has 2 rings (SSSR count). The van der Waals surface area contributed by atoms with Gasteiger partial charge in [0, 0.05) is 26.1 Å². The minimum Gasteiger partial charge on any atom is -0.481 e. The van der Waals surface area contributed by atoms with Crippen molar-refractivity contribution in [3.8, 4) is 0 Å². The first-order valence-electron chi connectivity index (χ1n) is 6.16. The first-order chi connectivity index (χ1) is 9.47. The Bertz CT molecular complexity index is 510. The van der Waals surface area contributed by atoms with E-state index in [4.69, 9.17) is 28.3 Å². The first kappa shape index (κ1) is 15.1. The standard InChI is InChI=1S/C13H14Cl2N2O3/c14-9-2-1-3-10(15)12(9)16-11(18)4-5-17-6-8(7-17)13(19)20/h1-3,8H,4-7H2,(H,16,18)(H,19,20). The van der Waals surface area contributed by atoms with Gasteiger partial charge in [0.05, 0.1) is 21.7 Å². The lowest BCUT2D eigenvalue weighted by Gasteiger charge is -2.36. The molecule has 1 fully saturated rings. The van der Waals surface area contributed by atoms with E-state index < -0.39 is 5.97 Å². The second-order valence-electron chi connectivity index (χ2n) is 4.69. The number of nitrogens with zero attached hydrogens (tertiary/aromatic N) is 1. The van der Waals surface area contributed by atoms with Gasteiger partial charge in [0.25, 0.3) is 0 Å². The van der Waals surface area contributed by atoms with Crippen LogP contribution in [-0.2, 0) is 9.59 Å². The number of hydrogen-bond donors (Lipinski definition) is 2. The molecule has 20 heavy (non-hydrogen) atoms. The Kier molecular flexibility index (Phi) is 4.86. The number of halogens is 2. The lowest BCUT2D eigenvalue weighted by molar-refractivity contribution is -0.147. The second kappa shape index (κ2) is 6.43. The molecule has 1 heterocycles. The third-order valence-corrected chi connectivity index (χ3v) is 3.82. The van der Waals surface area contributed by atoms with Crippen molar-refractivity contribution in [1.82, 2.24) is 4.90 Å². The average molecular weight is 317 g/mol. The zero-order chi connectivity index (χ0) is 14.7. The summed E-state index contributed by atoms with van der Waals surface area (Å²) in [6.45, 7) is 1.52. The number of amides is 1. The van der Waals surface area contributed by atoms with Gasteiger partial charge in [-0.15, -0.1) is 0 Å². The van der Waals surface area contributed by atoms with Crippen LogP contribution in [0.15, 0.2) is 18.2 Å². The molecule has 108 valence electrons. The summed E-state index contributed by atoms with van der Waals surface area (Å²) in [5.41, 5.74) is 0.410. The van der Waals surface area contributed by atoms with Crippen molar-refractivity contribution in [1.29, 1.82) is 0 Å². The molecule has 1 aliphatic heterocycles. The Morgan fingerprint density at radius 3 is 2.45 bits per heavy atom. The van der Waals surface area contributed by atoms with Crippen LogP contribution in [0.5, 0.6) is 0 Å². The van der Waals surface area contributed by atoms with Crippen molar-refractivity contribution >= 4 is 40.8 Å². The van der Waals surface area contributed by atoms with Crippen LogP contribution >= 0.6 is 23.2 Å². The molecule has 0 radical (unpaired) electrons. The summed E-state index contributed by atoms with van der Waals surface area (Å²) in [7, 11) is 0. The maximum Gasteiger partial charge on any atom is 0.309 e. The van der Waals surface area contributed by atoms with Crippen molar-refractivity contribution in [3.63, 3.8) is 0 Å². The molecule has 1 aromatic carbocycles. The molecular weight excluding hydrogens is 303 g/mol. The van der Waals surface area contributed by atoms with E-state index >= 15 is 0 Å². The Morgan fingerprint density at radius 2 is 1.90 bits per heavy atom. The van der Waals surface area contributed by atoms with Crippen LogP contribution in [0.1, 0.15) is 6.42 Å². The van der Waals surface area contributed by atoms with E-state index in [2.05, 4.69) is 5.32 Å². The molecule has 0 atom stereocenters. The van der Waals surface area contributed by atoms with Gasteiger partial charge < -0.3 is 15.3 Å². The fourth-order valence-electron chi connectivity index (χ4n) is 1.99. The van der Waals surface area contributed by atoms with Crippen LogP contribution in [0.2, 0.25) is 10.0 Å². The quantitative estimate of drug-likeness (QED) is 0.874. The number of para-hydroxylation sites is 1. The minimum atomic E-state index is -0.784. The number of aliphatic carboxylic acids is 1. The number of carboxylic acid groups (broad SMARTS) is 1. The molecule has 1 amide bonds.